The second-order valence-electron chi connectivity index (χ2n) is 13.4. The van der Waals surface area contributed by atoms with Crippen LogP contribution in [0, 0.1) is 29.1 Å². The minimum absolute atomic E-state index is 0.0382. The summed E-state index contributed by atoms with van der Waals surface area (Å²) in [5, 5.41) is 34.0. The quantitative estimate of drug-likeness (QED) is 0.341. The molecule has 1 heterocycles. The van der Waals surface area contributed by atoms with Gasteiger partial charge in [0.2, 0.25) is 11.8 Å². The van der Waals surface area contributed by atoms with E-state index < -0.39 is 24.2 Å². The van der Waals surface area contributed by atoms with Gasteiger partial charge in [-0.25, -0.2) is 0 Å². The van der Waals surface area contributed by atoms with Crippen molar-refractivity contribution >= 4 is 11.8 Å². The van der Waals surface area contributed by atoms with E-state index in [1.54, 1.807) is 18.2 Å². The molecule has 41 heavy (non-hydrogen) atoms. The van der Waals surface area contributed by atoms with Crippen molar-refractivity contribution in [3.63, 3.8) is 0 Å². The number of methoxy groups -OCH3 is 1. The van der Waals surface area contributed by atoms with E-state index in [2.05, 4.69) is 19.2 Å². The van der Waals surface area contributed by atoms with Gasteiger partial charge in [-0.2, -0.15) is 0 Å². The van der Waals surface area contributed by atoms with E-state index in [9.17, 15) is 24.9 Å². The number of rotatable bonds is 10. The van der Waals surface area contributed by atoms with Crippen LogP contribution in [-0.4, -0.2) is 77.1 Å². The molecule has 1 aromatic rings. The highest BCUT2D eigenvalue weighted by atomic mass is 16.5. The SMILES string of the molecule is COc1cc(CO)cc2c1O[C@@H]1[C@@H](O)[C@H](N(C[C@@H]3CC[C@H]4C[C@@H]3C4(C)C)C(=O)CC(C)C)C=C(C(=O)NCCO)[C@H]21. The highest BCUT2D eigenvalue weighted by Gasteiger charge is 2.56. The summed E-state index contributed by atoms with van der Waals surface area (Å²) in [4.78, 5) is 29.2. The van der Waals surface area contributed by atoms with Gasteiger partial charge in [0.05, 0.1) is 32.3 Å². The van der Waals surface area contributed by atoms with Crippen molar-refractivity contribution < 1.29 is 34.4 Å². The maximum Gasteiger partial charge on any atom is 0.247 e. The Morgan fingerprint density at radius 3 is 2.59 bits per heavy atom. The first-order chi connectivity index (χ1) is 19.5. The first-order valence-corrected chi connectivity index (χ1v) is 15.1. The lowest BCUT2D eigenvalue weighted by atomic mass is 9.45. The molecule has 9 nitrogen and oxygen atoms in total. The number of benzene rings is 1. The summed E-state index contributed by atoms with van der Waals surface area (Å²) < 4.78 is 11.9. The van der Waals surface area contributed by atoms with Crippen molar-refractivity contribution in [2.24, 2.45) is 29.1 Å². The summed E-state index contributed by atoms with van der Waals surface area (Å²) in [6.07, 6.45) is 3.54. The zero-order valence-corrected chi connectivity index (χ0v) is 24.9. The van der Waals surface area contributed by atoms with E-state index >= 15 is 0 Å². The predicted octanol–water partition coefficient (Wildman–Crippen LogP) is 2.76. The van der Waals surface area contributed by atoms with E-state index in [-0.39, 0.29) is 42.9 Å². The topological polar surface area (TPSA) is 129 Å². The van der Waals surface area contributed by atoms with Gasteiger partial charge in [-0.1, -0.05) is 27.7 Å². The van der Waals surface area contributed by atoms with E-state index in [4.69, 9.17) is 9.47 Å². The van der Waals surface area contributed by atoms with Crippen LogP contribution in [0.1, 0.15) is 70.4 Å². The third kappa shape index (κ3) is 5.25. The molecule has 1 aromatic carbocycles. The molecule has 2 bridgehead atoms. The van der Waals surface area contributed by atoms with E-state index in [1.165, 1.54) is 13.5 Å². The molecule has 9 heteroatoms. The third-order valence-electron chi connectivity index (χ3n) is 10.2. The number of hydrogen-bond acceptors (Lipinski definition) is 7. The van der Waals surface area contributed by atoms with Gasteiger partial charge in [0.25, 0.3) is 0 Å². The number of nitrogens with one attached hydrogen (secondary N) is 1. The molecular weight excluding hydrogens is 524 g/mol. The van der Waals surface area contributed by atoms with E-state index in [1.807, 2.05) is 18.7 Å². The van der Waals surface area contributed by atoms with Crippen LogP contribution >= 0.6 is 0 Å². The first kappa shape index (κ1) is 29.9. The Morgan fingerprint density at radius 2 is 1.98 bits per heavy atom. The zero-order chi connectivity index (χ0) is 29.6. The minimum atomic E-state index is -1.09. The highest BCUT2D eigenvalue weighted by Crippen LogP contribution is 2.61. The average molecular weight is 571 g/mol. The summed E-state index contributed by atoms with van der Waals surface area (Å²) in [6.45, 7) is 8.85. The minimum Gasteiger partial charge on any atom is -0.493 e. The number of carbonyl (C=O) groups is 2. The summed E-state index contributed by atoms with van der Waals surface area (Å²) in [6, 6.07) is 2.71. The summed E-state index contributed by atoms with van der Waals surface area (Å²) >= 11 is 0. The molecule has 6 rings (SSSR count). The highest BCUT2D eigenvalue weighted by molar-refractivity contribution is 5.96. The van der Waals surface area contributed by atoms with Crippen molar-refractivity contribution in [3.8, 4) is 11.5 Å². The Kier molecular flexibility index (Phi) is 8.43. The number of hydrogen-bond donors (Lipinski definition) is 4. The maximum absolute atomic E-state index is 13.9. The Morgan fingerprint density at radius 1 is 1.22 bits per heavy atom. The first-order valence-electron chi connectivity index (χ1n) is 15.1. The lowest BCUT2D eigenvalue weighted by molar-refractivity contribution is -0.147. The Hall–Kier alpha value is -2.62. The Balaban J connectivity index is 1.55. The number of carbonyl (C=O) groups excluding carboxylic acids is 2. The van der Waals surface area contributed by atoms with Gasteiger partial charge in [0.1, 0.15) is 12.2 Å². The van der Waals surface area contributed by atoms with Gasteiger partial charge in [-0.05, 0) is 72.1 Å². The fourth-order valence-electron chi connectivity index (χ4n) is 7.91. The fourth-order valence-corrected chi connectivity index (χ4v) is 7.91. The van der Waals surface area contributed by atoms with Gasteiger partial charge in [-0.3, -0.25) is 9.59 Å². The molecule has 0 radical (unpaired) electrons. The van der Waals surface area contributed by atoms with Gasteiger partial charge in [-0.15, -0.1) is 0 Å². The molecule has 7 atom stereocenters. The molecular formula is C32H46N2O7. The van der Waals surface area contributed by atoms with E-state index in [0.29, 0.717) is 53.0 Å². The van der Waals surface area contributed by atoms with Gasteiger partial charge >= 0.3 is 0 Å². The number of nitrogens with zero attached hydrogens (tertiary/aromatic N) is 1. The molecule has 1 aliphatic heterocycles. The Labute approximate surface area is 242 Å². The van der Waals surface area contributed by atoms with Crippen LogP contribution in [0.2, 0.25) is 0 Å². The number of amides is 2. The second kappa shape index (κ2) is 11.6. The number of ether oxygens (including phenoxy) is 2. The lowest BCUT2D eigenvalue weighted by Crippen LogP contribution is -2.59. The smallest absolute Gasteiger partial charge is 0.247 e. The summed E-state index contributed by atoms with van der Waals surface area (Å²) in [7, 11) is 1.51. The molecule has 0 aromatic heterocycles. The number of fused-ring (bicyclic) bond motifs is 5. The van der Waals surface area contributed by atoms with Gasteiger partial charge in [0.15, 0.2) is 11.5 Å². The third-order valence-corrected chi connectivity index (χ3v) is 10.2. The van der Waals surface area contributed by atoms with Crippen LogP contribution in [0.15, 0.2) is 23.8 Å². The average Bonchev–Trinajstić information content (AvgIpc) is 3.34. The normalized spacial score (nSPS) is 30.9. The van der Waals surface area contributed by atoms with E-state index in [0.717, 1.165) is 18.8 Å². The summed E-state index contributed by atoms with van der Waals surface area (Å²) in [5.74, 6) is 1.51. The number of aliphatic hydroxyl groups is 3. The Bertz CT molecular complexity index is 1190. The van der Waals surface area contributed by atoms with Crippen molar-refractivity contribution in [3.05, 3.63) is 34.9 Å². The summed E-state index contributed by atoms with van der Waals surface area (Å²) in [5.41, 5.74) is 1.87. The predicted molar refractivity (Wildman–Crippen MR) is 153 cm³/mol. The molecule has 0 unspecified atom stereocenters. The fraction of sp³-hybridized carbons (Fsp3) is 0.688. The molecule has 4 N–H and O–H groups in total. The second-order valence-corrected chi connectivity index (χ2v) is 13.4. The molecule has 4 aliphatic carbocycles. The molecule has 3 fully saturated rings. The van der Waals surface area contributed by atoms with Gasteiger partial charge < -0.3 is 35.0 Å². The molecule has 0 spiro atoms. The maximum atomic E-state index is 13.9. The monoisotopic (exact) mass is 570 g/mol. The van der Waals surface area contributed by atoms with Crippen molar-refractivity contribution in [1.82, 2.24) is 10.2 Å². The standard InChI is InChI=1S/C32H46N2O7/c1-17(2)10-26(37)34(15-19-6-7-20-13-23(19)32(20,3)4)24-14-22(31(39)33-8-9-35)27-21-11-18(16-36)12-25(40-5)29(21)41-30(27)28(24)38/h11-12,14,17,19-20,23-24,27-28,30,35-36,38H,6-10,13,15-16H2,1-5H3,(H,33,39)/t19-,20-,23-,24+,27-,28-,30-/m0/s1. The lowest BCUT2D eigenvalue weighted by Gasteiger charge is -2.61. The molecule has 3 saturated carbocycles. The van der Waals surface area contributed by atoms with Crippen LogP contribution in [0.4, 0.5) is 0 Å². The molecule has 5 aliphatic rings. The van der Waals surface area contributed by atoms with Crippen molar-refractivity contribution in [2.75, 3.05) is 26.8 Å². The van der Waals surface area contributed by atoms with Crippen LogP contribution < -0.4 is 14.8 Å². The largest absolute Gasteiger partial charge is 0.493 e. The van der Waals surface area contributed by atoms with Crippen LogP contribution in [0.25, 0.3) is 0 Å². The molecule has 226 valence electrons. The number of aliphatic hydroxyl groups excluding tert-OH is 3. The molecule has 0 saturated heterocycles. The van der Waals surface area contributed by atoms with Crippen LogP contribution in [-0.2, 0) is 16.2 Å². The van der Waals surface area contributed by atoms with Crippen LogP contribution in [0.5, 0.6) is 11.5 Å². The van der Waals surface area contributed by atoms with Gasteiger partial charge in [0, 0.05) is 30.6 Å². The van der Waals surface area contributed by atoms with Crippen LogP contribution in [0.3, 0.4) is 0 Å². The van der Waals surface area contributed by atoms with Crippen molar-refractivity contribution in [1.29, 1.82) is 0 Å². The van der Waals surface area contributed by atoms with Crippen molar-refractivity contribution in [2.45, 2.75) is 84.2 Å². The zero-order valence-electron chi connectivity index (χ0n) is 24.9. The molecule has 2 amide bonds.